The summed E-state index contributed by atoms with van der Waals surface area (Å²) < 4.78 is 0. The van der Waals surface area contributed by atoms with Gasteiger partial charge in [-0.3, -0.25) is 0 Å². The van der Waals surface area contributed by atoms with Crippen molar-refractivity contribution in [1.29, 1.82) is 0 Å². The molecule has 2 aromatic rings. The second kappa shape index (κ2) is 5.71. The first kappa shape index (κ1) is 12.8. The molecular weight excluding hydrogens is 196 g/mol. The average molecular weight is 218 g/mol. The highest BCUT2D eigenvalue weighted by Gasteiger charge is 2.05. The molecule has 2 heteroatoms. The number of nitrogens with one attached hydrogen (secondary N) is 1. The van der Waals surface area contributed by atoms with Crippen molar-refractivity contribution in [3.05, 3.63) is 35.5 Å². The molecule has 1 aromatic heterocycles. The molecule has 88 valence electrons. The molecule has 0 aliphatic rings. The lowest BCUT2D eigenvalue weighted by Crippen LogP contribution is -2.10. The number of benzene rings is 1. The van der Waals surface area contributed by atoms with Crippen molar-refractivity contribution in [1.82, 2.24) is 9.88 Å². The van der Waals surface area contributed by atoms with E-state index in [2.05, 4.69) is 55.3 Å². The molecule has 0 saturated heterocycles. The van der Waals surface area contributed by atoms with Gasteiger partial charge in [0.1, 0.15) is 0 Å². The van der Waals surface area contributed by atoms with Crippen molar-refractivity contribution in [2.75, 3.05) is 14.1 Å². The summed E-state index contributed by atoms with van der Waals surface area (Å²) in [5.41, 5.74) is 3.96. The smallest absolute Gasteiger partial charge is 0.0459 e. The van der Waals surface area contributed by atoms with Gasteiger partial charge in [0.15, 0.2) is 0 Å². The molecule has 0 aliphatic heterocycles. The lowest BCUT2D eigenvalue weighted by atomic mass is 10.1. The molecule has 0 aliphatic carbocycles. The van der Waals surface area contributed by atoms with E-state index >= 15 is 0 Å². The van der Waals surface area contributed by atoms with Gasteiger partial charge < -0.3 is 9.88 Å². The molecule has 0 amide bonds. The second-order valence-corrected chi connectivity index (χ2v) is 4.05. The van der Waals surface area contributed by atoms with Crippen LogP contribution < -0.4 is 0 Å². The van der Waals surface area contributed by atoms with Crippen LogP contribution in [0, 0.1) is 6.92 Å². The molecule has 2 rings (SSSR count). The molecule has 0 spiro atoms. The monoisotopic (exact) mass is 218 g/mol. The number of aromatic nitrogens is 1. The molecule has 0 fully saturated rings. The van der Waals surface area contributed by atoms with Gasteiger partial charge in [0.05, 0.1) is 0 Å². The number of fused-ring (bicyclic) bond motifs is 1. The Kier molecular flexibility index (Phi) is 4.56. The highest BCUT2D eigenvalue weighted by molar-refractivity contribution is 5.86. The Balaban J connectivity index is 0.000000606. The standard InChI is InChI=1S/C12H16N2.C2H6/c1-9-5-4-6-11-12(9)10(7-13-11)8-14(2)3;1-2/h4-7,13H,8H2,1-3H3;1-2H3. The van der Waals surface area contributed by atoms with E-state index in [0.717, 1.165) is 6.54 Å². The largest absolute Gasteiger partial charge is 0.361 e. The maximum atomic E-state index is 3.31. The minimum atomic E-state index is 0.991. The predicted molar refractivity (Wildman–Crippen MR) is 71.8 cm³/mol. The van der Waals surface area contributed by atoms with Crippen molar-refractivity contribution < 1.29 is 0 Å². The molecule has 1 aromatic carbocycles. The van der Waals surface area contributed by atoms with Crippen molar-refractivity contribution in [3.8, 4) is 0 Å². The van der Waals surface area contributed by atoms with E-state index in [1.807, 2.05) is 13.8 Å². The van der Waals surface area contributed by atoms with E-state index in [0.29, 0.717) is 0 Å². The van der Waals surface area contributed by atoms with Gasteiger partial charge in [-0.25, -0.2) is 0 Å². The van der Waals surface area contributed by atoms with Crippen LogP contribution in [0.1, 0.15) is 25.0 Å². The molecule has 1 N–H and O–H groups in total. The fourth-order valence-corrected chi connectivity index (χ4v) is 1.92. The quantitative estimate of drug-likeness (QED) is 0.816. The molecule has 16 heavy (non-hydrogen) atoms. The number of rotatable bonds is 2. The van der Waals surface area contributed by atoms with Crippen LogP contribution in [-0.2, 0) is 6.54 Å². The summed E-state index contributed by atoms with van der Waals surface area (Å²) >= 11 is 0. The van der Waals surface area contributed by atoms with Gasteiger partial charge in [-0.05, 0) is 38.2 Å². The number of H-pyrrole nitrogens is 1. The van der Waals surface area contributed by atoms with Gasteiger partial charge in [-0.15, -0.1) is 0 Å². The molecule has 1 heterocycles. The lowest BCUT2D eigenvalue weighted by Gasteiger charge is -2.08. The summed E-state index contributed by atoms with van der Waals surface area (Å²) in [6.07, 6.45) is 2.11. The molecule has 2 nitrogen and oxygen atoms in total. The first-order valence-electron chi connectivity index (χ1n) is 5.89. The number of hydrogen-bond donors (Lipinski definition) is 1. The Bertz CT molecular complexity index is 441. The Labute approximate surface area is 98.3 Å². The summed E-state index contributed by atoms with van der Waals surface area (Å²) in [5, 5.41) is 1.38. The van der Waals surface area contributed by atoms with Gasteiger partial charge in [0.25, 0.3) is 0 Å². The summed E-state index contributed by atoms with van der Waals surface area (Å²) in [7, 11) is 4.19. The van der Waals surface area contributed by atoms with Crippen molar-refractivity contribution in [2.45, 2.75) is 27.3 Å². The lowest BCUT2D eigenvalue weighted by molar-refractivity contribution is 0.404. The molecule has 0 unspecified atom stereocenters. The van der Waals surface area contributed by atoms with Crippen LogP contribution >= 0.6 is 0 Å². The molecule has 0 bridgehead atoms. The normalized spacial score (nSPS) is 10.4. The average Bonchev–Trinajstić information content (AvgIpc) is 2.65. The van der Waals surface area contributed by atoms with Crippen LogP contribution in [0.15, 0.2) is 24.4 Å². The third kappa shape index (κ3) is 2.64. The van der Waals surface area contributed by atoms with Crippen LogP contribution in [0.25, 0.3) is 10.9 Å². The van der Waals surface area contributed by atoms with Crippen LogP contribution in [0.2, 0.25) is 0 Å². The second-order valence-electron chi connectivity index (χ2n) is 4.05. The van der Waals surface area contributed by atoms with Crippen LogP contribution in [0.3, 0.4) is 0 Å². The predicted octanol–water partition coefficient (Wildman–Crippen LogP) is 3.56. The number of aromatic amines is 1. The van der Waals surface area contributed by atoms with E-state index in [1.54, 1.807) is 0 Å². The Hall–Kier alpha value is -1.28. The van der Waals surface area contributed by atoms with Gasteiger partial charge in [-0.2, -0.15) is 0 Å². The maximum Gasteiger partial charge on any atom is 0.0459 e. The van der Waals surface area contributed by atoms with E-state index in [4.69, 9.17) is 0 Å². The first-order chi connectivity index (χ1) is 7.68. The van der Waals surface area contributed by atoms with Crippen molar-refractivity contribution in [3.63, 3.8) is 0 Å². The van der Waals surface area contributed by atoms with Crippen LogP contribution in [0.5, 0.6) is 0 Å². The summed E-state index contributed by atoms with van der Waals surface area (Å²) in [6, 6.07) is 6.38. The van der Waals surface area contributed by atoms with Gasteiger partial charge >= 0.3 is 0 Å². The zero-order valence-electron chi connectivity index (χ0n) is 11.0. The number of aryl methyl sites for hydroxylation is 1. The van der Waals surface area contributed by atoms with Crippen molar-refractivity contribution >= 4 is 10.9 Å². The molecule has 0 saturated carbocycles. The first-order valence-corrected chi connectivity index (χ1v) is 5.89. The summed E-state index contributed by atoms with van der Waals surface area (Å²) in [4.78, 5) is 5.50. The minimum Gasteiger partial charge on any atom is -0.361 e. The van der Waals surface area contributed by atoms with Crippen LogP contribution in [-0.4, -0.2) is 24.0 Å². The van der Waals surface area contributed by atoms with E-state index in [-0.39, 0.29) is 0 Å². The maximum absolute atomic E-state index is 3.31. The summed E-state index contributed by atoms with van der Waals surface area (Å²) in [6.45, 7) is 7.15. The van der Waals surface area contributed by atoms with Gasteiger partial charge in [0.2, 0.25) is 0 Å². The van der Waals surface area contributed by atoms with Gasteiger partial charge in [0, 0.05) is 23.6 Å². The Morgan fingerprint density at radius 2 is 1.88 bits per heavy atom. The van der Waals surface area contributed by atoms with E-state index < -0.39 is 0 Å². The van der Waals surface area contributed by atoms with Gasteiger partial charge in [-0.1, -0.05) is 26.0 Å². The molecule has 0 radical (unpaired) electrons. The Morgan fingerprint density at radius 1 is 1.19 bits per heavy atom. The summed E-state index contributed by atoms with van der Waals surface area (Å²) in [5.74, 6) is 0. The number of hydrogen-bond acceptors (Lipinski definition) is 1. The fraction of sp³-hybridized carbons (Fsp3) is 0.429. The minimum absolute atomic E-state index is 0.991. The Morgan fingerprint density at radius 3 is 2.50 bits per heavy atom. The molecule has 0 atom stereocenters. The molecular formula is C14H22N2. The topological polar surface area (TPSA) is 19.0 Å². The zero-order chi connectivity index (χ0) is 12.1. The highest BCUT2D eigenvalue weighted by Crippen LogP contribution is 2.22. The highest BCUT2D eigenvalue weighted by atomic mass is 15.0. The number of nitrogens with zero attached hydrogens (tertiary/aromatic N) is 1. The van der Waals surface area contributed by atoms with E-state index in [9.17, 15) is 0 Å². The van der Waals surface area contributed by atoms with Crippen LogP contribution in [0.4, 0.5) is 0 Å². The van der Waals surface area contributed by atoms with Crippen molar-refractivity contribution in [2.24, 2.45) is 0 Å². The SMILES string of the molecule is CC.Cc1cccc2[nH]cc(CN(C)C)c12. The third-order valence-corrected chi connectivity index (χ3v) is 2.48. The fourth-order valence-electron chi connectivity index (χ4n) is 1.92. The van der Waals surface area contributed by atoms with E-state index in [1.165, 1.54) is 22.0 Å². The third-order valence-electron chi connectivity index (χ3n) is 2.48. The zero-order valence-corrected chi connectivity index (χ0v) is 11.0.